The van der Waals surface area contributed by atoms with Crippen molar-refractivity contribution in [1.82, 2.24) is 4.98 Å². The number of aromatic amines is 1. The fourth-order valence-electron chi connectivity index (χ4n) is 4.12. The number of aryl methyl sites for hydroxylation is 1. The zero-order chi connectivity index (χ0) is 18.9. The van der Waals surface area contributed by atoms with Crippen LogP contribution >= 0.6 is 0 Å². The summed E-state index contributed by atoms with van der Waals surface area (Å²) in [5, 5.41) is 0. The largest absolute Gasteiger partial charge is 0.257 e. The van der Waals surface area contributed by atoms with Crippen LogP contribution in [0.1, 0.15) is 135 Å². The highest BCUT2D eigenvalue weighted by Crippen LogP contribution is 2.26. The number of hydrogen-bond donors (Lipinski definition) is 1. The van der Waals surface area contributed by atoms with Gasteiger partial charge in [-0.1, -0.05) is 104 Å². The summed E-state index contributed by atoms with van der Waals surface area (Å²) in [4.78, 5) is 3.55. The van der Waals surface area contributed by atoms with E-state index < -0.39 is 0 Å². The van der Waals surface area contributed by atoms with Crippen LogP contribution in [0.3, 0.4) is 0 Å². The average molecular weight is 364 g/mol. The number of rotatable bonds is 18. The zero-order valence-corrected chi connectivity index (χ0v) is 18.2. The lowest BCUT2D eigenvalue weighted by atomic mass is 9.93. The third-order valence-electron chi connectivity index (χ3n) is 5.83. The number of H-pyrrole nitrogens is 1. The number of imidazole rings is 1. The molecule has 1 aromatic heterocycles. The molecular weight excluding hydrogens is 316 g/mol. The molecule has 0 radical (unpaired) electrons. The molecule has 2 heteroatoms. The Morgan fingerprint density at radius 2 is 1.15 bits per heavy atom. The smallest absolute Gasteiger partial charge is 0.247 e. The van der Waals surface area contributed by atoms with Gasteiger partial charge < -0.3 is 0 Å². The molecule has 0 aliphatic carbocycles. The first kappa shape index (κ1) is 23.2. The van der Waals surface area contributed by atoms with Crippen molar-refractivity contribution in [3.8, 4) is 0 Å². The molecule has 1 rings (SSSR count). The summed E-state index contributed by atoms with van der Waals surface area (Å²) in [5.41, 5.74) is 0. The molecule has 0 bridgehead atoms. The van der Waals surface area contributed by atoms with Crippen molar-refractivity contribution < 1.29 is 4.57 Å². The standard InChI is InChI=1S/C24H46N2/c1-4-7-9-11-12-13-14-15-16-18-20-23(19-17-10-8-5-2)24-25-21-22-26(24)6-3/h21-23H,4-20H2,1-3H3/p+1/t23-/m0/s1. The number of hydrogen-bond acceptors (Lipinski definition) is 0. The minimum atomic E-state index is 0.732. The molecule has 1 atom stereocenters. The Balaban J connectivity index is 2.22. The van der Waals surface area contributed by atoms with E-state index in [1.54, 1.807) is 0 Å². The summed E-state index contributed by atoms with van der Waals surface area (Å²) in [6.45, 7) is 7.94. The Bertz CT molecular complexity index is 410. The van der Waals surface area contributed by atoms with Gasteiger partial charge >= 0.3 is 0 Å². The molecule has 1 heterocycles. The molecule has 26 heavy (non-hydrogen) atoms. The molecule has 0 unspecified atom stereocenters. The monoisotopic (exact) mass is 363 g/mol. The molecule has 0 amide bonds. The van der Waals surface area contributed by atoms with Gasteiger partial charge in [0.25, 0.3) is 5.82 Å². The van der Waals surface area contributed by atoms with Gasteiger partial charge in [-0.3, -0.25) is 0 Å². The highest BCUT2D eigenvalue weighted by Gasteiger charge is 2.21. The van der Waals surface area contributed by atoms with Crippen LogP contribution in [-0.4, -0.2) is 4.98 Å². The van der Waals surface area contributed by atoms with Crippen molar-refractivity contribution in [3.05, 3.63) is 18.2 Å². The van der Waals surface area contributed by atoms with E-state index in [0.29, 0.717) is 0 Å². The van der Waals surface area contributed by atoms with Crippen LogP contribution in [0.15, 0.2) is 12.4 Å². The third kappa shape index (κ3) is 10.4. The van der Waals surface area contributed by atoms with E-state index >= 15 is 0 Å². The van der Waals surface area contributed by atoms with Gasteiger partial charge in [0, 0.05) is 0 Å². The predicted octanol–water partition coefficient (Wildman–Crippen LogP) is 7.69. The van der Waals surface area contributed by atoms with Gasteiger partial charge in [-0.2, -0.15) is 0 Å². The quantitative estimate of drug-likeness (QED) is 0.204. The Morgan fingerprint density at radius 1 is 0.692 bits per heavy atom. The van der Waals surface area contributed by atoms with Crippen LogP contribution in [0.5, 0.6) is 0 Å². The van der Waals surface area contributed by atoms with Gasteiger partial charge in [0.1, 0.15) is 12.4 Å². The molecule has 0 saturated heterocycles. The second kappa shape index (κ2) is 16.4. The van der Waals surface area contributed by atoms with E-state index in [9.17, 15) is 0 Å². The second-order valence-corrected chi connectivity index (χ2v) is 8.15. The van der Waals surface area contributed by atoms with Crippen molar-refractivity contribution in [2.45, 2.75) is 136 Å². The Kier molecular flexibility index (Phi) is 14.7. The van der Waals surface area contributed by atoms with E-state index in [0.717, 1.165) is 12.5 Å². The third-order valence-corrected chi connectivity index (χ3v) is 5.83. The van der Waals surface area contributed by atoms with Gasteiger partial charge in [-0.05, 0) is 19.8 Å². The Morgan fingerprint density at radius 3 is 1.65 bits per heavy atom. The zero-order valence-electron chi connectivity index (χ0n) is 18.2. The van der Waals surface area contributed by atoms with E-state index in [-0.39, 0.29) is 0 Å². The highest BCUT2D eigenvalue weighted by atomic mass is 15.1. The van der Waals surface area contributed by atoms with Gasteiger partial charge in [-0.15, -0.1) is 0 Å². The lowest BCUT2D eigenvalue weighted by molar-refractivity contribution is -0.701. The molecule has 1 aromatic rings. The molecule has 0 fully saturated rings. The maximum absolute atomic E-state index is 3.55. The predicted molar refractivity (Wildman–Crippen MR) is 115 cm³/mol. The van der Waals surface area contributed by atoms with Crippen molar-refractivity contribution in [2.24, 2.45) is 0 Å². The summed E-state index contributed by atoms with van der Waals surface area (Å²) in [6.07, 6.45) is 26.9. The molecule has 152 valence electrons. The molecule has 0 aromatic carbocycles. The van der Waals surface area contributed by atoms with Crippen LogP contribution in [0, 0.1) is 0 Å². The normalized spacial score (nSPS) is 12.6. The van der Waals surface area contributed by atoms with Crippen LogP contribution in [-0.2, 0) is 6.54 Å². The van der Waals surface area contributed by atoms with E-state index in [1.807, 2.05) is 0 Å². The van der Waals surface area contributed by atoms with Gasteiger partial charge in [0.05, 0.1) is 12.5 Å². The maximum Gasteiger partial charge on any atom is 0.257 e. The lowest BCUT2D eigenvalue weighted by Crippen LogP contribution is -2.36. The number of nitrogens with one attached hydrogen (secondary N) is 1. The van der Waals surface area contributed by atoms with Crippen molar-refractivity contribution in [2.75, 3.05) is 0 Å². The summed E-state index contributed by atoms with van der Waals surface area (Å²) >= 11 is 0. The minimum absolute atomic E-state index is 0.732. The molecule has 1 N–H and O–H groups in total. The first-order valence-electron chi connectivity index (χ1n) is 11.9. The molecule has 0 spiro atoms. The van der Waals surface area contributed by atoms with Gasteiger partial charge in [0.2, 0.25) is 0 Å². The Hall–Kier alpha value is -0.790. The van der Waals surface area contributed by atoms with Gasteiger partial charge in [0.15, 0.2) is 0 Å². The fourth-order valence-corrected chi connectivity index (χ4v) is 4.12. The Labute approximate surface area is 164 Å². The maximum atomic E-state index is 3.55. The molecule has 0 saturated carbocycles. The van der Waals surface area contributed by atoms with Crippen LogP contribution in [0.25, 0.3) is 0 Å². The van der Waals surface area contributed by atoms with Crippen LogP contribution in [0.4, 0.5) is 0 Å². The summed E-state index contributed by atoms with van der Waals surface area (Å²) in [6, 6.07) is 0. The average Bonchev–Trinajstić information content (AvgIpc) is 3.13. The van der Waals surface area contributed by atoms with E-state index in [4.69, 9.17) is 0 Å². The topological polar surface area (TPSA) is 19.7 Å². The van der Waals surface area contributed by atoms with Crippen LogP contribution < -0.4 is 4.57 Å². The number of aromatic nitrogens is 2. The molecule has 2 nitrogen and oxygen atoms in total. The number of nitrogens with zero attached hydrogens (tertiary/aromatic N) is 1. The van der Waals surface area contributed by atoms with E-state index in [1.165, 1.54) is 109 Å². The highest BCUT2D eigenvalue weighted by molar-refractivity contribution is 4.89. The SMILES string of the molecule is CCCCCCCCCCCC[C@H](CCCCCC)c1[nH]cc[n+]1CC. The van der Waals surface area contributed by atoms with Crippen molar-refractivity contribution in [3.63, 3.8) is 0 Å². The van der Waals surface area contributed by atoms with E-state index in [2.05, 4.69) is 42.7 Å². The number of unbranched alkanes of at least 4 members (excludes halogenated alkanes) is 12. The molecule has 0 aliphatic rings. The first-order valence-corrected chi connectivity index (χ1v) is 11.9. The minimum Gasteiger partial charge on any atom is -0.247 e. The van der Waals surface area contributed by atoms with Crippen molar-refractivity contribution >= 4 is 0 Å². The second-order valence-electron chi connectivity index (χ2n) is 8.15. The summed E-state index contributed by atoms with van der Waals surface area (Å²) in [5.74, 6) is 2.20. The van der Waals surface area contributed by atoms with Gasteiger partial charge in [-0.25, -0.2) is 9.55 Å². The lowest BCUT2D eigenvalue weighted by Gasteiger charge is -2.13. The van der Waals surface area contributed by atoms with Crippen LogP contribution in [0.2, 0.25) is 0 Å². The van der Waals surface area contributed by atoms with Crippen molar-refractivity contribution in [1.29, 1.82) is 0 Å². The summed E-state index contributed by atoms with van der Waals surface area (Å²) in [7, 11) is 0. The first-order chi connectivity index (χ1) is 12.8. The fraction of sp³-hybridized carbons (Fsp3) is 0.875. The molecule has 0 aliphatic heterocycles. The summed E-state index contributed by atoms with van der Waals surface area (Å²) < 4.78 is 2.42. The molecular formula is C24H47N2+.